The summed E-state index contributed by atoms with van der Waals surface area (Å²) in [5.74, 6) is -1.17. The third kappa shape index (κ3) is 4.40. The van der Waals surface area contributed by atoms with Crippen molar-refractivity contribution >= 4 is 38.9 Å². The van der Waals surface area contributed by atoms with Gasteiger partial charge in [-0.3, -0.25) is 4.79 Å². The second kappa shape index (κ2) is 7.12. The van der Waals surface area contributed by atoms with E-state index in [4.69, 9.17) is 9.88 Å². The minimum absolute atomic E-state index is 0.100. The maximum absolute atomic E-state index is 11.9. The molecule has 0 atom stereocenters. The summed E-state index contributed by atoms with van der Waals surface area (Å²) in [5.41, 5.74) is 1.66. The number of nitrogens with two attached hydrogens (primary N) is 1. The highest BCUT2D eigenvalue weighted by atomic mass is 32.2. The second-order valence-corrected chi connectivity index (χ2v) is 7.57. The molecule has 0 aliphatic heterocycles. The molecular formula is C15H16N2O5S2. The van der Waals surface area contributed by atoms with Gasteiger partial charge >= 0.3 is 5.97 Å². The number of sulfonamides is 1. The molecule has 1 aromatic heterocycles. The van der Waals surface area contributed by atoms with Crippen LogP contribution >= 0.6 is 11.3 Å². The Morgan fingerprint density at radius 1 is 1.29 bits per heavy atom. The van der Waals surface area contributed by atoms with Crippen LogP contribution in [-0.2, 0) is 19.6 Å². The Hall–Kier alpha value is -2.23. The molecule has 1 aromatic carbocycles. The van der Waals surface area contributed by atoms with E-state index in [0.717, 1.165) is 0 Å². The third-order valence-electron chi connectivity index (χ3n) is 3.30. The van der Waals surface area contributed by atoms with E-state index in [0.29, 0.717) is 21.7 Å². The van der Waals surface area contributed by atoms with Gasteiger partial charge in [-0.2, -0.15) is 0 Å². The van der Waals surface area contributed by atoms with Crippen LogP contribution in [-0.4, -0.2) is 26.9 Å². The van der Waals surface area contributed by atoms with E-state index in [1.165, 1.54) is 23.5 Å². The van der Waals surface area contributed by atoms with Crippen molar-refractivity contribution in [1.82, 2.24) is 0 Å². The third-order valence-corrected chi connectivity index (χ3v) is 5.04. The molecule has 7 nitrogen and oxygen atoms in total. The number of nitrogens with one attached hydrogen (secondary N) is 1. The van der Waals surface area contributed by atoms with Gasteiger partial charge in [-0.25, -0.2) is 18.4 Å². The topological polar surface area (TPSA) is 116 Å². The molecule has 0 saturated carbocycles. The highest BCUT2D eigenvalue weighted by Crippen LogP contribution is 2.23. The molecule has 9 heteroatoms. The van der Waals surface area contributed by atoms with E-state index in [-0.39, 0.29) is 4.90 Å². The fraction of sp³-hybridized carbons (Fsp3) is 0.200. The molecule has 128 valence electrons. The zero-order valence-corrected chi connectivity index (χ0v) is 14.7. The number of amides is 1. The number of rotatable bonds is 5. The molecule has 2 aromatic rings. The van der Waals surface area contributed by atoms with Gasteiger partial charge in [-0.1, -0.05) is 6.07 Å². The number of carbonyl (C=O) groups excluding carboxylic acids is 2. The molecule has 24 heavy (non-hydrogen) atoms. The largest absolute Gasteiger partial charge is 0.451 e. The number of primary sulfonamides is 1. The van der Waals surface area contributed by atoms with Crippen molar-refractivity contribution in [2.75, 3.05) is 11.9 Å². The number of esters is 1. The van der Waals surface area contributed by atoms with Crippen molar-refractivity contribution in [2.45, 2.75) is 18.7 Å². The molecule has 0 spiro atoms. The molecular weight excluding hydrogens is 352 g/mol. The Morgan fingerprint density at radius 3 is 2.58 bits per heavy atom. The Labute approximate surface area is 143 Å². The van der Waals surface area contributed by atoms with Crippen molar-refractivity contribution < 1.29 is 22.7 Å². The minimum Gasteiger partial charge on any atom is -0.451 e. The first-order valence-corrected chi connectivity index (χ1v) is 9.25. The van der Waals surface area contributed by atoms with Gasteiger partial charge in [-0.05, 0) is 48.6 Å². The van der Waals surface area contributed by atoms with Crippen LogP contribution in [0.25, 0.3) is 0 Å². The highest BCUT2D eigenvalue weighted by Gasteiger charge is 2.15. The van der Waals surface area contributed by atoms with Crippen molar-refractivity contribution in [1.29, 1.82) is 0 Å². The average Bonchev–Trinajstić information content (AvgIpc) is 3.02. The average molecular weight is 368 g/mol. The lowest BCUT2D eigenvalue weighted by Gasteiger charge is -2.12. The number of benzene rings is 1. The molecule has 0 fully saturated rings. The predicted molar refractivity (Wildman–Crippen MR) is 90.5 cm³/mol. The molecule has 0 radical (unpaired) electrons. The minimum atomic E-state index is -3.89. The summed E-state index contributed by atoms with van der Waals surface area (Å²) >= 11 is 1.21. The summed E-state index contributed by atoms with van der Waals surface area (Å²) < 4.78 is 27.9. The smallest absolute Gasteiger partial charge is 0.348 e. The van der Waals surface area contributed by atoms with Crippen molar-refractivity contribution in [3.63, 3.8) is 0 Å². The lowest BCUT2D eigenvalue weighted by molar-refractivity contribution is -0.119. The number of hydrogen-bond donors (Lipinski definition) is 2. The lowest BCUT2D eigenvalue weighted by atomic mass is 10.1. The first-order valence-electron chi connectivity index (χ1n) is 6.83. The van der Waals surface area contributed by atoms with E-state index >= 15 is 0 Å². The lowest BCUT2D eigenvalue weighted by Crippen LogP contribution is -2.22. The van der Waals surface area contributed by atoms with Crippen LogP contribution in [0.3, 0.4) is 0 Å². The van der Waals surface area contributed by atoms with Crippen LogP contribution in [0, 0.1) is 13.8 Å². The van der Waals surface area contributed by atoms with Gasteiger partial charge in [0.25, 0.3) is 5.91 Å². The van der Waals surface area contributed by atoms with E-state index in [2.05, 4.69) is 5.32 Å². The SMILES string of the molecule is Cc1cc(S(N)(=O)=O)cc(NC(=O)COC(=O)c2cccs2)c1C. The maximum atomic E-state index is 11.9. The number of ether oxygens (including phenoxy) is 1. The van der Waals surface area contributed by atoms with Crippen molar-refractivity contribution in [3.8, 4) is 0 Å². The van der Waals surface area contributed by atoms with E-state index in [1.54, 1.807) is 31.4 Å². The molecule has 0 unspecified atom stereocenters. The maximum Gasteiger partial charge on any atom is 0.348 e. The molecule has 1 heterocycles. The standard InChI is InChI=1S/C15H16N2O5S2/c1-9-6-11(24(16,20)21)7-12(10(9)2)17-14(18)8-22-15(19)13-4-3-5-23-13/h3-7H,8H2,1-2H3,(H,17,18)(H2,16,20,21). The molecule has 2 rings (SSSR count). The van der Waals surface area contributed by atoms with E-state index in [9.17, 15) is 18.0 Å². The molecule has 0 saturated heterocycles. The van der Waals surface area contributed by atoms with Gasteiger partial charge in [-0.15, -0.1) is 11.3 Å². The van der Waals surface area contributed by atoms with E-state index < -0.39 is 28.5 Å². The van der Waals surface area contributed by atoms with Crippen LogP contribution in [0.15, 0.2) is 34.5 Å². The summed E-state index contributed by atoms with van der Waals surface area (Å²) in [5, 5.41) is 9.37. The van der Waals surface area contributed by atoms with Gasteiger partial charge in [0.2, 0.25) is 10.0 Å². The second-order valence-electron chi connectivity index (χ2n) is 5.06. The van der Waals surface area contributed by atoms with Gasteiger partial charge in [0.15, 0.2) is 6.61 Å². The van der Waals surface area contributed by atoms with Crippen LogP contribution in [0.4, 0.5) is 5.69 Å². The fourth-order valence-electron chi connectivity index (χ4n) is 1.90. The number of thiophene rings is 1. The van der Waals surface area contributed by atoms with Gasteiger partial charge < -0.3 is 10.1 Å². The first kappa shape index (κ1) is 18.1. The Morgan fingerprint density at radius 2 is 2.00 bits per heavy atom. The van der Waals surface area contributed by atoms with Crippen LogP contribution < -0.4 is 10.5 Å². The van der Waals surface area contributed by atoms with Crippen LogP contribution in [0.1, 0.15) is 20.8 Å². The van der Waals surface area contributed by atoms with Gasteiger partial charge in [0, 0.05) is 5.69 Å². The summed E-state index contributed by atoms with van der Waals surface area (Å²) in [4.78, 5) is 23.9. The van der Waals surface area contributed by atoms with Gasteiger partial charge in [0.1, 0.15) is 4.88 Å². The Balaban J connectivity index is 2.09. The molecule has 0 bridgehead atoms. The molecule has 0 aliphatic rings. The summed E-state index contributed by atoms with van der Waals surface area (Å²) in [6, 6.07) is 5.99. The number of anilines is 1. The Bertz CT molecular complexity index is 874. The molecule has 0 aliphatic carbocycles. The quantitative estimate of drug-likeness (QED) is 0.781. The fourth-order valence-corrected chi connectivity index (χ4v) is 3.14. The summed E-state index contributed by atoms with van der Waals surface area (Å²) in [6.07, 6.45) is 0. The highest BCUT2D eigenvalue weighted by molar-refractivity contribution is 7.89. The first-order chi connectivity index (χ1) is 11.2. The van der Waals surface area contributed by atoms with Crippen molar-refractivity contribution in [2.24, 2.45) is 5.14 Å². The van der Waals surface area contributed by atoms with Crippen LogP contribution in [0.5, 0.6) is 0 Å². The summed E-state index contributed by atoms with van der Waals surface area (Å²) in [7, 11) is -3.89. The number of carbonyl (C=O) groups is 2. The number of aryl methyl sites for hydroxylation is 1. The number of hydrogen-bond acceptors (Lipinski definition) is 6. The van der Waals surface area contributed by atoms with E-state index in [1.807, 2.05) is 0 Å². The normalized spacial score (nSPS) is 11.1. The molecule has 1 amide bonds. The van der Waals surface area contributed by atoms with Gasteiger partial charge in [0.05, 0.1) is 4.90 Å². The summed E-state index contributed by atoms with van der Waals surface area (Å²) in [6.45, 7) is 2.96. The van der Waals surface area contributed by atoms with Crippen molar-refractivity contribution in [3.05, 3.63) is 45.6 Å². The molecule has 3 N–H and O–H groups in total. The zero-order valence-electron chi connectivity index (χ0n) is 13.0. The zero-order chi connectivity index (χ0) is 17.9. The predicted octanol–water partition coefficient (Wildman–Crippen LogP) is 1.81. The Kier molecular flexibility index (Phi) is 5.37. The monoisotopic (exact) mass is 368 g/mol. The van der Waals surface area contributed by atoms with Crippen LogP contribution in [0.2, 0.25) is 0 Å².